The fourth-order valence-electron chi connectivity index (χ4n) is 2.91. The first kappa shape index (κ1) is 21.3. The molecule has 0 radical (unpaired) electrons. The van der Waals surface area contributed by atoms with Gasteiger partial charge in [0.1, 0.15) is 18.2 Å². The van der Waals surface area contributed by atoms with Gasteiger partial charge in [0.2, 0.25) is 0 Å². The zero-order valence-electron chi connectivity index (χ0n) is 16.6. The Bertz CT molecular complexity index is 1190. The molecule has 0 unspecified atom stereocenters. The smallest absolute Gasteiger partial charge is 0.264 e. The third kappa shape index (κ3) is 5.62. The van der Waals surface area contributed by atoms with Gasteiger partial charge in [-0.3, -0.25) is 4.79 Å². The molecule has 0 saturated carbocycles. The summed E-state index contributed by atoms with van der Waals surface area (Å²) in [6.07, 6.45) is 1.77. The van der Waals surface area contributed by atoms with Crippen LogP contribution in [0.4, 0.5) is 10.1 Å². The van der Waals surface area contributed by atoms with E-state index in [2.05, 4.69) is 26.2 Å². The van der Waals surface area contributed by atoms with E-state index >= 15 is 0 Å². The SMILES string of the molecule is Cc1ccc(N=C2NC(=O)C(=Cc3cc(Br)ccc3OCc3cccc(F)c3)S2)cc1. The van der Waals surface area contributed by atoms with Gasteiger partial charge in [0.25, 0.3) is 5.91 Å². The van der Waals surface area contributed by atoms with Gasteiger partial charge >= 0.3 is 0 Å². The highest BCUT2D eigenvalue weighted by Gasteiger charge is 2.24. The number of hydrogen-bond donors (Lipinski definition) is 1. The third-order valence-electron chi connectivity index (χ3n) is 4.46. The van der Waals surface area contributed by atoms with Crippen molar-refractivity contribution < 1.29 is 13.9 Å². The molecule has 1 N–H and O–H groups in total. The normalized spacial score (nSPS) is 16.0. The van der Waals surface area contributed by atoms with E-state index in [9.17, 15) is 9.18 Å². The lowest BCUT2D eigenvalue weighted by molar-refractivity contribution is -0.115. The standard InChI is InChI=1S/C24H18BrFN2O2S/c1-15-5-8-20(9-6-15)27-24-28-23(29)22(31-24)13-17-12-18(25)7-10-21(17)30-14-16-3-2-4-19(26)11-16/h2-13H,14H2,1H3,(H,27,28,29). The predicted octanol–water partition coefficient (Wildman–Crippen LogP) is 6.37. The van der Waals surface area contributed by atoms with Crippen LogP contribution < -0.4 is 10.1 Å². The molecule has 0 bridgehead atoms. The lowest BCUT2D eigenvalue weighted by Gasteiger charge is -2.10. The Kier molecular flexibility index (Phi) is 6.53. The van der Waals surface area contributed by atoms with Crippen LogP contribution in [-0.4, -0.2) is 11.1 Å². The number of benzene rings is 3. The van der Waals surface area contributed by atoms with Gasteiger partial charge in [-0.15, -0.1) is 0 Å². The molecule has 1 fully saturated rings. The predicted molar refractivity (Wildman–Crippen MR) is 127 cm³/mol. The maximum atomic E-state index is 13.4. The maximum Gasteiger partial charge on any atom is 0.264 e. The molecular weight excluding hydrogens is 479 g/mol. The van der Waals surface area contributed by atoms with Gasteiger partial charge < -0.3 is 10.1 Å². The Morgan fingerprint density at radius 3 is 2.71 bits per heavy atom. The summed E-state index contributed by atoms with van der Waals surface area (Å²) in [6, 6.07) is 19.6. The van der Waals surface area contributed by atoms with Crippen molar-refractivity contribution in [3.05, 3.63) is 98.6 Å². The molecule has 0 aromatic heterocycles. The fourth-order valence-corrected chi connectivity index (χ4v) is 4.12. The van der Waals surface area contributed by atoms with Crippen molar-refractivity contribution in [3.8, 4) is 5.75 Å². The number of rotatable bonds is 5. The number of amidine groups is 1. The van der Waals surface area contributed by atoms with E-state index in [0.29, 0.717) is 15.8 Å². The van der Waals surface area contributed by atoms with E-state index < -0.39 is 0 Å². The van der Waals surface area contributed by atoms with Gasteiger partial charge in [0.15, 0.2) is 5.17 Å². The molecule has 1 aliphatic heterocycles. The van der Waals surface area contributed by atoms with Gasteiger partial charge in [-0.1, -0.05) is 45.8 Å². The molecule has 1 saturated heterocycles. The number of carbonyl (C=O) groups is 1. The Hall–Kier alpha value is -2.90. The van der Waals surface area contributed by atoms with E-state index in [1.165, 1.54) is 23.9 Å². The lowest BCUT2D eigenvalue weighted by Crippen LogP contribution is -2.19. The minimum atomic E-state index is -0.307. The summed E-state index contributed by atoms with van der Waals surface area (Å²) in [4.78, 5) is 17.5. The quantitative estimate of drug-likeness (QED) is 0.417. The van der Waals surface area contributed by atoms with E-state index in [1.54, 1.807) is 18.2 Å². The van der Waals surface area contributed by atoms with Crippen molar-refractivity contribution in [1.29, 1.82) is 0 Å². The molecule has 3 aromatic carbocycles. The molecule has 4 rings (SSSR count). The molecule has 0 spiro atoms. The highest BCUT2D eigenvalue weighted by atomic mass is 79.9. The lowest BCUT2D eigenvalue weighted by atomic mass is 10.1. The molecule has 4 nitrogen and oxygen atoms in total. The zero-order chi connectivity index (χ0) is 21.8. The largest absolute Gasteiger partial charge is 0.488 e. The Labute approximate surface area is 192 Å². The topological polar surface area (TPSA) is 50.7 Å². The van der Waals surface area contributed by atoms with Crippen molar-refractivity contribution >= 4 is 50.5 Å². The number of halogens is 2. The van der Waals surface area contributed by atoms with Crippen LogP contribution >= 0.6 is 27.7 Å². The summed E-state index contributed by atoms with van der Waals surface area (Å²) < 4.78 is 20.2. The monoisotopic (exact) mass is 496 g/mol. The van der Waals surface area contributed by atoms with E-state index in [1.807, 2.05) is 49.4 Å². The molecule has 31 heavy (non-hydrogen) atoms. The van der Waals surface area contributed by atoms with Crippen LogP contribution in [0.5, 0.6) is 5.75 Å². The van der Waals surface area contributed by atoms with Crippen molar-refractivity contribution in [1.82, 2.24) is 5.32 Å². The Balaban J connectivity index is 1.55. The van der Waals surface area contributed by atoms with Crippen LogP contribution in [0.3, 0.4) is 0 Å². The van der Waals surface area contributed by atoms with Crippen LogP contribution in [0.25, 0.3) is 6.08 Å². The molecule has 7 heteroatoms. The summed E-state index contributed by atoms with van der Waals surface area (Å²) in [7, 11) is 0. The summed E-state index contributed by atoms with van der Waals surface area (Å²) in [6.45, 7) is 2.23. The van der Waals surface area contributed by atoms with Crippen molar-refractivity contribution in [2.24, 2.45) is 4.99 Å². The summed E-state index contributed by atoms with van der Waals surface area (Å²) in [5, 5.41) is 3.32. The second-order valence-electron chi connectivity index (χ2n) is 6.92. The molecule has 0 aliphatic carbocycles. The number of aliphatic imine (C=N–C) groups is 1. The average molecular weight is 497 g/mol. The molecule has 156 valence electrons. The minimum absolute atomic E-state index is 0.216. The first-order valence-corrected chi connectivity index (χ1v) is 11.1. The minimum Gasteiger partial charge on any atom is -0.488 e. The molecule has 1 heterocycles. The van der Waals surface area contributed by atoms with E-state index in [-0.39, 0.29) is 18.3 Å². The summed E-state index contributed by atoms with van der Waals surface area (Å²) in [5.74, 6) is 0.0721. The summed E-state index contributed by atoms with van der Waals surface area (Å²) >= 11 is 4.74. The van der Waals surface area contributed by atoms with Gasteiger partial charge in [-0.05, 0) is 72.8 Å². The van der Waals surface area contributed by atoms with Crippen molar-refractivity contribution in [2.75, 3.05) is 0 Å². The number of amides is 1. The van der Waals surface area contributed by atoms with E-state index in [4.69, 9.17) is 4.74 Å². The van der Waals surface area contributed by atoms with Crippen LogP contribution in [-0.2, 0) is 11.4 Å². The molecule has 1 amide bonds. The van der Waals surface area contributed by atoms with Gasteiger partial charge in [-0.2, -0.15) is 0 Å². The van der Waals surface area contributed by atoms with Gasteiger partial charge in [0.05, 0.1) is 10.6 Å². The van der Waals surface area contributed by atoms with Gasteiger partial charge in [-0.25, -0.2) is 9.38 Å². The second-order valence-corrected chi connectivity index (χ2v) is 8.86. The fraction of sp³-hybridized carbons (Fsp3) is 0.0833. The molecule has 3 aromatic rings. The number of nitrogens with zero attached hydrogens (tertiary/aromatic N) is 1. The average Bonchev–Trinajstić information content (AvgIpc) is 3.08. The number of ether oxygens (including phenoxy) is 1. The Morgan fingerprint density at radius 1 is 1.13 bits per heavy atom. The van der Waals surface area contributed by atoms with Crippen molar-refractivity contribution in [3.63, 3.8) is 0 Å². The van der Waals surface area contributed by atoms with Gasteiger partial charge in [0, 0.05) is 10.0 Å². The molecule has 1 aliphatic rings. The number of carbonyl (C=O) groups excluding carboxylic acids is 1. The highest BCUT2D eigenvalue weighted by molar-refractivity contribution is 9.10. The third-order valence-corrected chi connectivity index (χ3v) is 5.86. The summed E-state index contributed by atoms with van der Waals surface area (Å²) in [5.41, 5.74) is 3.38. The highest BCUT2D eigenvalue weighted by Crippen LogP contribution is 2.32. The number of nitrogens with one attached hydrogen (secondary N) is 1. The molecular formula is C24H18BrFN2O2S. The molecule has 0 atom stereocenters. The Morgan fingerprint density at radius 2 is 1.94 bits per heavy atom. The van der Waals surface area contributed by atoms with Crippen molar-refractivity contribution in [2.45, 2.75) is 13.5 Å². The number of thioether (sulfide) groups is 1. The first-order valence-electron chi connectivity index (χ1n) is 9.49. The maximum absolute atomic E-state index is 13.4. The number of hydrogen-bond acceptors (Lipinski definition) is 4. The van der Waals surface area contributed by atoms with Crippen LogP contribution in [0, 0.1) is 12.7 Å². The van der Waals surface area contributed by atoms with Crippen LogP contribution in [0.15, 0.2) is 81.1 Å². The van der Waals surface area contributed by atoms with Crippen LogP contribution in [0.1, 0.15) is 16.7 Å². The number of aryl methyl sites for hydroxylation is 1. The van der Waals surface area contributed by atoms with Crippen LogP contribution in [0.2, 0.25) is 0 Å². The van der Waals surface area contributed by atoms with E-state index in [0.717, 1.165) is 26.9 Å². The zero-order valence-corrected chi connectivity index (χ0v) is 19.0. The second kappa shape index (κ2) is 9.49. The first-order chi connectivity index (χ1) is 15.0.